The van der Waals surface area contributed by atoms with Crippen LogP contribution in [0.15, 0.2) is 6.07 Å². The van der Waals surface area contributed by atoms with Gasteiger partial charge in [0.25, 0.3) is 5.91 Å². The summed E-state index contributed by atoms with van der Waals surface area (Å²) in [7, 11) is 1.89. The van der Waals surface area contributed by atoms with E-state index in [-0.39, 0.29) is 5.91 Å². The van der Waals surface area contributed by atoms with Crippen LogP contribution in [0.5, 0.6) is 0 Å². The molecule has 0 aliphatic heterocycles. The van der Waals surface area contributed by atoms with Gasteiger partial charge in [-0.2, -0.15) is 5.10 Å². The van der Waals surface area contributed by atoms with E-state index >= 15 is 0 Å². The van der Waals surface area contributed by atoms with Crippen LogP contribution in [0.2, 0.25) is 0 Å². The van der Waals surface area contributed by atoms with E-state index < -0.39 is 0 Å². The Bertz CT molecular complexity index is 452. The highest BCUT2D eigenvalue weighted by molar-refractivity contribution is 9.09. The van der Waals surface area contributed by atoms with E-state index in [0.29, 0.717) is 10.7 Å². The predicted molar refractivity (Wildman–Crippen MR) is 79.7 cm³/mol. The molecule has 1 amide bonds. The van der Waals surface area contributed by atoms with Gasteiger partial charge < -0.3 is 4.90 Å². The molecule has 1 heterocycles. The first kappa shape index (κ1) is 14.6. The Hall–Kier alpha value is -0.840. The van der Waals surface area contributed by atoms with Gasteiger partial charge >= 0.3 is 0 Å². The van der Waals surface area contributed by atoms with Crippen molar-refractivity contribution in [2.24, 2.45) is 5.92 Å². The average Bonchev–Trinajstić information content (AvgIpc) is 2.79. The fourth-order valence-corrected chi connectivity index (χ4v) is 3.58. The van der Waals surface area contributed by atoms with Crippen LogP contribution in [-0.4, -0.2) is 39.0 Å². The van der Waals surface area contributed by atoms with Crippen molar-refractivity contribution in [1.29, 1.82) is 0 Å². The summed E-state index contributed by atoms with van der Waals surface area (Å²) in [6.07, 6.45) is 3.21. The van der Waals surface area contributed by atoms with E-state index in [2.05, 4.69) is 28.0 Å². The van der Waals surface area contributed by atoms with Crippen molar-refractivity contribution in [3.63, 3.8) is 0 Å². The summed E-state index contributed by atoms with van der Waals surface area (Å²) in [5.41, 5.74) is 1.71. The molecule has 0 spiro atoms. The van der Waals surface area contributed by atoms with Crippen LogP contribution < -0.4 is 0 Å². The van der Waals surface area contributed by atoms with Crippen molar-refractivity contribution in [3.05, 3.63) is 17.5 Å². The molecule has 1 aromatic heterocycles. The summed E-state index contributed by atoms with van der Waals surface area (Å²) in [4.78, 5) is 15.0. The third-order valence-electron chi connectivity index (χ3n) is 3.77. The molecule has 0 N–H and O–H groups in total. The van der Waals surface area contributed by atoms with Crippen LogP contribution in [0.1, 0.15) is 42.9 Å². The zero-order valence-electron chi connectivity index (χ0n) is 11.9. The predicted octanol–water partition coefficient (Wildman–Crippen LogP) is 2.71. The third-order valence-corrected chi connectivity index (χ3v) is 4.52. The molecule has 0 bridgehead atoms. The normalized spacial score (nSPS) is 22.1. The smallest absolute Gasteiger partial charge is 0.271 e. The minimum atomic E-state index is 0.0899. The minimum Gasteiger partial charge on any atom is -0.340 e. The van der Waals surface area contributed by atoms with Crippen molar-refractivity contribution in [2.45, 2.75) is 44.5 Å². The Morgan fingerprint density at radius 3 is 2.74 bits per heavy atom. The first-order valence-corrected chi connectivity index (χ1v) is 7.92. The number of alkyl halides is 1. The van der Waals surface area contributed by atoms with E-state index in [1.165, 1.54) is 12.8 Å². The number of nitrogens with zero attached hydrogens (tertiary/aromatic N) is 3. The molecular formula is C14H22BrN3O. The Morgan fingerprint density at radius 1 is 1.53 bits per heavy atom. The summed E-state index contributed by atoms with van der Waals surface area (Å²) in [5.74, 6) is 0.731. The van der Waals surface area contributed by atoms with Crippen molar-refractivity contribution < 1.29 is 4.79 Å². The number of halogens is 1. The van der Waals surface area contributed by atoms with Crippen molar-refractivity contribution in [3.8, 4) is 0 Å². The van der Waals surface area contributed by atoms with Gasteiger partial charge in [0.05, 0.1) is 5.69 Å². The maximum Gasteiger partial charge on any atom is 0.271 e. The van der Waals surface area contributed by atoms with Gasteiger partial charge in [0.15, 0.2) is 0 Å². The van der Waals surface area contributed by atoms with Crippen LogP contribution in [0, 0.1) is 5.92 Å². The number of amides is 1. The van der Waals surface area contributed by atoms with Crippen LogP contribution in [0.3, 0.4) is 0 Å². The van der Waals surface area contributed by atoms with Gasteiger partial charge in [-0.05, 0) is 38.2 Å². The largest absolute Gasteiger partial charge is 0.340 e. The lowest BCUT2D eigenvalue weighted by Crippen LogP contribution is -2.38. The topological polar surface area (TPSA) is 38.1 Å². The molecule has 0 aromatic carbocycles. The highest BCUT2D eigenvalue weighted by atomic mass is 79.9. The number of rotatable bonds is 5. The van der Waals surface area contributed by atoms with E-state index in [1.807, 2.05) is 29.6 Å². The first-order valence-electron chi connectivity index (χ1n) is 7.01. The number of aromatic nitrogens is 2. The van der Waals surface area contributed by atoms with Gasteiger partial charge in [0.1, 0.15) is 5.69 Å². The van der Waals surface area contributed by atoms with Gasteiger partial charge in [0.2, 0.25) is 0 Å². The first-order chi connectivity index (χ1) is 9.05. The molecule has 0 radical (unpaired) electrons. The van der Waals surface area contributed by atoms with Gasteiger partial charge in [-0.3, -0.25) is 9.48 Å². The fraction of sp³-hybridized carbons (Fsp3) is 0.714. The molecule has 1 fully saturated rings. The second kappa shape index (κ2) is 6.07. The SMILES string of the molecule is CCc1cc(C(=O)N(C)CC2CC(Br)C2)n(CC)n1. The zero-order valence-corrected chi connectivity index (χ0v) is 13.5. The summed E-state index contributed by atoms with van der Waals surface area (Å²) >= 11 is 3.59. The van der Waals surface area contributed by atoms with Gasteiger partial charge in [0, 0.05) is 25.0 Å². The quantitative estimate of drug-likeness (QED) is 0.780. The lowest BCUT2D eigenvalue weighted by molar-refractivity contribution is 0.0736. The summed E-state index contributed by atoms with van der Waals surface area (Å²) in [6, 6.07) is 1.93. The molecule has 4 nitrogen and oxygen atoms in total. The highest BCUT2D eigenvalue weighted by Gasteiger charge is 2.29. The second-order valence-corrected chi connectivity index (χ2v) is 6.61. The molecule has 19 heavy (non-hydrogen) atoms. The lowest BCUT2D eigenvalue weighted by atomic mass is 9.85. The maximum absolute atomic E-state index is 12.5. The Labute approximate surface area is 123 Å². The molecule has 1 aliphatic rings. The van der Waals surface area contributed by atoms with Crippen LogP contribution in [-0.2, 0) is 13.0 Å². The Kier molecular flexibility index (Phi) is 4.66. The molecule has 5 heteroatoms. The second-order valence-electron chi connectivity index (χ2n) is 5.31. The molecule has 1 saturated carbocycles. The van der Waals surface area contributed by atoms with Crippen molar-refractivity contribution in [1.82, 2.24) is 14.7 Å². The standard InChI is InChI=1S/C14H22BrN3O/c1-4-12-8-13(18(5-2)16-12)14(19)17(3)9-10-6-11(15)7-10/h8,10-11H,4-7,9H2,1-3H3. The molecule has 0 saturated heterocycles. The van der Waals surface area contributed by atoms with E-state index in [1.54, 1.807) is 0 Å². The number of carbonyl (C=O) groups excluding carboxylic acids is 1. The maximum atomic E-state index is 12.5. The molecule has 2 rings (SSSR count). The zero-order chi connectivity index (χ0) is 14.0. The van der Waals surface area contributed by atoms with E-state index in [4.69, 9.17) is 0 Å². The molecule has 1 aliphatic carbocycles. The lowest BCUT2D eigenvalue weighted by Gasteiger charge is -2.34. The fourth-order valence-electron chi connectivity index (χ4n) is 2.53. The Balaban J connectivity index is 2.03. The molecular weight excluding hydrogens is 306 g/mol. The summed E-state index contributed by atoms with van der Waals surface area (Å²) in [6.45, 7) is 5.66. The highest BCUT2D eigenvalue weighted by Crippen LogP contribution is 2.33. The molecule has 0 unspecified atom stereocenters. The van der Waals surface area contributed by atoms with E-state index in [9.17, 15) is 4.79 Å². The molecule has 1 aromatic rings. The Morgan fingerprint density at radius 2 is 2.21 bits per heavy atom. The number of aryl methyl sites for hydroxylation is 2. The summed E-state index contributed by atoms with van der Waals surface area (Å²) in [5, 5.41) is 4.44. The van der Waals surface area contributed by atoms with Gasteiger partial charge in [-0.15, -0.1) is 0 Å². The number of hydrogen-bond acceptors (Lipinski definition) is 2. The van der Waals surface area contributed by atoms with Crippen LogP contribution >= 0.6 is 15.9 Å². The monoisotopic (exact) mass is 327 g/mol. The summed E-state index contributed by atoms with van der Waals surface area (Å²) < 4.78 is 1.81. The third kappa shape index (κ3) is 3.19. The van der Waals surface area contributed by atoms with Crippen molar-refractivity contribution >= 4 is 21.8 Å². The molecule has 0 atom stereocenters. The molecule has 106 valence electrons. The number of hydrogen-bond donors (Lipinski definition) is 0. The van der Waals surface area contributed by atoms with Crippen LogP contribution in [0.25, 0.3) is 0 Å². The average molecular weight is 328 g/mol. The van der Waals surface area contributed by atoms with Crippen molar-refractivity contribution in [2.75, 3.05) is 13.6 Å². The van der Waals surface area contributed by atoms with Gasteiger partial charge in [-0.25, -0.2) is 0 Å². The van der Waals surface area contributed by atoms with Gasteiger partial charge in [-0.1, -0.05) is 22.9 Å². The minimum absolute atomic E-state index is 0.0899. The van der Waals surface area contributed by atoms with Crippen LogP contribution in [0.4, 0.5) is 0 Å². The van der Waals surface area contributed by atoms with E-state index in [0.717, 1.165) is 30.9 Å². The number of carbonyl (C=O) groups is 1.